The molecule has 2 amide bonds. The molecule has 0 unspecified atom stereocenters. The van der Waals surface area contributed by atoms with Crippen LogP contribution >= 0.6 is 0 Å². The Morgan fingerprint density at radius 3 is 2.52 bits per heavy atom. The molecular weight excluding hydrogens is 354 g/mol. The molecule has 0 aromatic heterocycles. The zero-order valence-electron chi connectivity index (χ0n) is 15.3. The first-order chi connectivity index (χ1) is 12.7. The summed E-state index contributed by atoms with van der Waals surface area (Å²) in [4.78, 5) is 26.4. The number of para-hydroxylation sites is 1. The van der Waals surface area contributed by atoms with E-state index < -0.39 is 28.8 Å². The van der Waals surface area contributed by atoms with Gasteiger partial charge in [-0.05, 0) is 50.6 Å². The van der Waals surface area contributed by atoms with Gasteiger partial charge in [-0.2, -0.15) is 0 Å². The van der Waals surface area contributed by atoms with Gasteiger partial charge < -0.3 is 15.0 Å². The number of aryl methyl sites for hydroxylation is 1. The monoisotopic (exact) mass is 374 g/mol. The summed E-state index contributed by atoms with van der Waals surface area (Å²) in [7, 11) is 0. The maximum Gasteiger partial charge on any atom is 0.270 e. The van der Waals surface area contributed by atoms with Gasteiger partial charge in [0, 0.05) is 13.0 Å². The number of amides is 2. The molecule has 142 valence electrons. The summed E-state index contributed by atoms with van der Waals surface area (Å²) in [5.74, 6) is -2.04. The van der Waals surface area contributed by atoms with Crippen molar-refractivity contribution in [2.24, 2.45) is 0 Å². The highest BCUT2D eigenvalue weighted by Gasteiger charge is 2.40. The van der Waals surface area contributed by atoms with E-state index in [0.29, 0.717) is 11.4 Å². The van der Waals surface area contributed by atoms with Crippen LogP contribution in [0.5, 0.6) is 5.75 Å². The number of nitrogens with zero attached hydrogens (tertiary/aromatic N) is 1. The molecule has 1 heterocycles. The summed E-state index contributed by atoms with van der Waals surface area (Å²) in [5.41, 5.74) is -0.0552. The Bertz CT molecular complexity index is 892. The minimum Gasteiger partial charge on any atom is -0.476 e. The predicted octanol–water partition coefficient (Wildman–Crippen LogP) is 3.81. The second-order valence-electron chi connectivity index (χ2n) is 6.94. The smallest absolute Gasteiger partial charge is 0.270 e. The van der Waals surface area contributed by atoms with Crippen LogP contribution in [0.25, 0.3) is 0 Å². The van der Waals surface area contributed by atoms with Gasteiger partial charge in [0.25, 0.3) is 5.91 Å². The van der Waals surface area contributed by atoms with Gasteiger partial charge in [-0.3, -0.25) is 9.59 Å². The van der Waals surface area contributed by atoms with Crippen LogP contribution in [0.2, 0.25) is 0 Å². The first kappa shape index (κ1) is 18.8. The maximum atomic E-state index is 13.7. The van der Waals surface area contributed by atoms with Crippen molar-refractivity contribution >= 4 is 23.2 Å². The van der Waals surface area contributed by atoms with Crippen LogP contribution in [0.15, 0.2) is 36.4 Å². The summed E-state index contributed by atoms with van der Waals surface area (Å²) >= 11 is 0. The molecule has 0 saturated heterocycles. The summed E-state index contributed by atoms with van der Waals surface area (Å²) in [6, 6.07) is 8.79. The van der Waals surface area contributed by atoms with E-state index in [1.54, 1.807) is 26.0 Å². The molecule has 1 aliphatic heterocycles. The second kappa shape index (κ2) is 6.98. The lowest BCUT2D eigenvalue weighted by Gasteiger charge is -2.38. The van der Waals surface area contributed by atoms with Crippen molar-refractivity contribution in [1.82, 2.24) is 0 Å². The van der Waals surface area contributed by atoms with Crippen molar-refractivity contribution in [3.8, 4) is 5.75 Å². The van der Waals surface area contributed by atoms with Crippen molar-refractivity contribution in [3.63, 3.8) is 0 Å². The van der Waals surface area contributed by atoms with E-state index in [1.807, 2.05) is 13.0 Å². The number of anilines is 2. The van der Waals surface area contributed by atoms with E-state index in [2.05, 4.69) is 5.32 Å². The molecule has 5 nitrogen and oxygen atoms in total. The number of halogens is 2. The van der Waals surface area contributed by atoms with Crippen molar-refractivity contribution in [2.45, 2.75) is 32.8 Å². The Kier molecular flexibility index (Phi) is 4.87. The Hall–Kier alpha value is -2.96. The van der Waals surface area contributed by atoms with E-state index in [-0.39, 0.29) is 18.9 Å². The minimum absolute atomic E-state index is 0.0595. The number of hydrogen-bond donors (Lipinski definition) is 1. The quantitative estimate of drug-likeness (QED) is 0.885. The van der Waals surface area contributed by atoms with E-state index in [0.717, 1.165) is 17.7 Å². The van der Waals surface area contributed by atoms with Gasteiger partial charge in [-0.1, -0.05) is 12.1 Å². The van der Waals surface area contributed by atoms with E-state index in [1.165, 1.54) is 11.0 Å². The fourth-order valence-corrected chi connectivity index (χ4v) is 2.93. The molecule has 0 atom stereocenters. The molecule has 0 fully saturated rings. The predicted molar refractivity (Wildman–Crippen MR) is 97.8 cm³/mol. The third-order valence-corrected chi connectivity index (χ3v) is 4.32. The Morgan fingerprint density at radius 2 is 1.85 bits per heavy atom. The number of rotatable bonds is 4. The van der Waals surface area contributed by atoms with Gasteiger partial charge in [0.1, 0.15) is 23.1 Å². The number of fused-ring (bicyclic) bond motifs is 1. The minimum atomic E-state index is -1.07. The van der Waals surface area contributed by atoms with Gasteiger partial charge in [-0.15, -0.1) is 0 Å². The topological polar surface area (TPSA) is 58.6 Å². The third-order valence-electron chi connectivity index (χ3n) is 4.32. The lowest BCUT2D eigenvalue weighted by molar-refractivity contribution is -0.132. The molecule has 2 aromatic carbocycles. The number of nitrogens with one attached hydrogen (secondary N) is 1. The Morgan fingerprint density at radius 1 is 1.19 bits per heavy atom. The number of hydrogen-bond acceptors (Lipinski definition) is 3. The van der Waals surface area contributed by atoms with Crippen molar-refractivity contribution in [1.29, 1.82) is 0 Å². The number of ether oxygens (including phenoxy) is 1. The van der Waals surface area contributed by atoms with Gasteiger partial charge in [0.15, 0.2) is 5.60 Å². The van der Waals surface area contributed by atoms with Gasteiger partial charge >= 0.3 is 0 Å². The fourth-order valence-electron chi connectivity index (χ4n) is 2.93. The molecule has 0 spiro atoms. The number of benzene rings is 2. The lowest BCUT2D eigenvalue weighted by atomic mass is 10.0. The highest BCUT2D eigenvalue weighted by molar-refractivity contribution is 6.03. The van der Waals surface area contributed by atoms with E-state index >= 15 is 0 Å². The third kappa shape index (κ3) is 3.77. The molecule has 7 heteroatoms. The molecule has 0 saturated carbocycles. The molecule has 27 heavy (non-hydrogen) atoms. The fraction of sp³-hybridized carbons (Fsp3) is 0.300. The molecule has 0 aliphatic carbocycles. The van der Waals surface area contributed by atoms with Crippen molar-refractivity contribution < 1.29 is 23.1 Å². The van der Waals surface area contributed by atoms with Gasteiger partial charge in [-0.25, -0.2) is 8.78 Å². The van der Waals surface area contributed by atoms with E-state index in [9.17, 15) is 18.4 Å². The molecule has 0 radical (unpaired) electrons. The average molecular weight is 374 g/mol. The van der Waals surface area contributed by atoms with Crippen LogP contribution in [0, 0.1) is 18.6 Å². The van der Waals surface area contributed by atoms with Crippen LogP contribution < -0.4 is 15.0 Å². The Labute approximate surface area is 155 Å². The first-order valence-electron chi connectivity index (χ1n) is 8.54. The van der Waals surface area contributed by atoms with E-state index in [4.69, 9.17) is 4.74 Å². The standard InChI is InChI=1S/C20H20F2N2O3/c1-12-7-8-16-15(11-12)24(19(26)20(2,3)27-16)10-9-17(25)23-18-13(21)5-4-6-14(18)22/h4-8,11H,9-10H2,1-3H3,(H,23,25). The second-order valence-corrected chi connectivity index (χ2v) is 6.94. The van der Waals surface area contributed by atoms with Crippen LogP contribution in [0.1, 0.15) is 25.8 Å². The van der Waals surface area contributed by atoms with Crippen molar-refractivity contribution in [2.75, 3.05) is 16.8 Å². The van der Waals surface area contributed by atoms with Gasteiger partial charge in [0.05, 0.1) is 5.69 Å². The summed E-state index contributed by atoms with van der Waals surface area (Å²) in [6.07, 6.45) is -0.122. The number of carbonyl (C=O) groups is 2. The molecular formula is C20H20F2N2O3. The van der Waals surface area contributed by atoms with Crippen molar-refractivity contribution in [3.05, 3.63) is 53.6 Å². The Balaban J connectivity index is 1.78. The molecule has 1 N–H and O–H groups in total. The highest BCUT2D eigenvalue weighted by atomic mass is 19.1. The highest BCUT2D eigenvalue weighted by Crippen LogP contribution is 2.38. The lowest BCUT2D eigenvalue weighted by Crippen LogP contribution is -2.53. The zero-order chi connectivity index (χ0) is 19.8. The molecule has 2 aromatic rings. The normalized spacial score (nSPS) is 15.1. The summed E-state index contributed by atoms with van der Waals surface area (Å²) in [6.45, 7) is 5.25. The molecule has 1 aliphatic rings. The van der Waals surface area contributed by atoms with Crippen LogP contribution in [-0.2, 0) is 9.59 Å². The summed E-state index contributed by atoms with van der Waals surface area (Å²) < 4.78 is 33.1. The largest absolute Gasteiger partial charge is 0.476 e. The zero-order valence-corrected chi connectivity index (χ0v) is 15.3. The van der Waals surface area contributed by atoms with Gasteiger partial charge in [0.2, 0.25) is 5.91 Å². The van der Waals surface area contributed by atoms with Crippen LogP contribution in [0.4, 0.5) is 20.2 Å². The van der Waals surface area contributed by atoms with Crippen LogP contribution in [0.3, 0.4) is 0 Å². The SMILES string of the molecule is Cc1ccc2c(c1)N(CCC(=O)Nc1c(F)cccc1F)C(=O)C(C)(C)O2. The number of carbonyl (C=O) groups excluding carboxylic acids is 2. The summed E-state index contributed by atoms with van der Waals surface area (Å²) in [5, 5.41) is 2.23. The maximum absolute atomic E-state index is 13.7. The molecule has 0 bridgehead atoms. The average Bonchev–Trinajstić information content (AvgIpc) is 2.59. The first-order valence-corrected chi connectivity index (χ1v) is 8.54. The molecule has 3 rings (SSSR count). The van der Waals surface area contributed by atoms with Crippen LogP contribution in [-0.4, -0.2) is 24.0 Å².